The fourth-order valence-corrected chi connectivity index (χ4v) is 2.61. The number of aromatic nitrogens is 1. The minimum absolute atomic E-state index is 0.618. The summed E-state index contributed by atoms with van der Waals surface area (Å²) in [5, 5.41) is 1.78. The molecule has 0 fully saturated rings. The zero-order valence-corrected chi connectivity index (χ0v) is 10.4. The lowest BCUT2D eigenvalue weighted by Gasteiger charge is -2.11. The van der Waals surface area contributed by atoms with Crippen LogP contribution in [0.5, 0.6) is 0 Å². The number of nitrogen functional groups attached to an aromatic ring is 1. The third kappa shape index (κ3) is 2.14. The zero-order valence-electron chi connectivity index (χ0n) is 9.60. The number of anilines is 1. The van der Waals surface area contributed by atoms with Crippen LogP contribution in [0.1, 0.15) is 20.3 Å². The first-order valence-corrected chi connectivity index (χ1v) is 6.40. The van der Waals surface area contributed by atoms with Crippen molar-refractivity contribution in [2.75, 3.05) is 5.73 Å². The molecule has 0 aliphatic rings. The van der Waals surface area contributed by atoms with Gasteiger partial charge in [0.05, 0.1) is 11.2 Å². The molecule has 0 saturated carbocycles. The van der Waals surface area contributed by atoms with E-state index in [4.69, 9.17) is 5.73 Å². The Kier molecular flexibility index (Phi) is 3.34. The minimum Gasteiger partial charge on any atom is -0.397 e. The molecule has 2 nitrogen and oxygen atoms in total. The maximum Gasteiger partial charge on any atom is 0.0942 e. The monoisotopic (exact) mass is 232 g/mol. The Morgan fingerprint density at radius 2 is 2.19 bits per heavy atom. The Balaban J connectivity index is 2.50. The molecule has 0 aliphatic heterocycles. The molecule has 1 aromatic heterocycles. The van der Waals surface area contributed by atoms with E-state index < -0.39 is 0 Å². The fraction of sp³-hybridized carbons (Fsp3) is 0.308. The van der Waals surface area contributed by atoms with Crippen LogP contribution >= 0.6 is 11.8 Å². The Labute approximate surface area is 100 Å². The quantitative estimate of drug-likeness (QED) is 0.647. The third-order valence-electron chi connectivity index (χ3n) is 2.66. The summed E-state index contributed by atoms with van der Waals surface area (Å²) in [4.78, 5) is 5.61. The molecule has 2 rings (SSSR count). The van der Waals surface area contributed by atoms with Crippen molar-refractivity contribution in [1.29, 1.82) is 0 Å². The van der Waals surface area contributed by atoms with E-state index in [1.807, 2.05) is 23.9 Å². The van der Waals surface area contributed by atoms with Crippen LogP contribution in [0.4, 0.5) is 5.69 Å². The molecule has 1 unspecified atom stereocenters. The van der Waals surface area contributed by atoms with E-state index in [2.05, 4.69) is 31.0 Å². The standard InChI is InChI=1S/C13H16N2S/c1-3-9(2)16-12-7-6-11(14)13-10(12)5-4-8-15-13/h4-9H,3,14H2,1-2H3. The summed E-state index contributed by atoms with van der Waals surface area (Å²) in [6.45, 7) is 4.44. The Bertz CT molecular complexity index is 496. The van der Waals surface area contributed by atoms with Gasteiger partial charge in [0.15, 0.2) is 0 Å². The highest BCUT2D eigenvalue weighted by Gasteiger charge is 2.08. The molecule has 1 heterocycles. The number of hydrogen-bond acceptors (Lipinski definition) is 3. The summed E-state index contributed by atoms with van der Waals surface area (Å²) in [7, 11) is 0. The lowest BCUT2D eigenvalue weighted by Crippen LogP contribution is -1.95. The topological polar surface area (TPSA) is 38.9 Å². The van der Waals surface area contributed by atoms with Gasteiger partial charge in [0.1, 0.15) is 0 Å². The second-order valence-electron chi connectivity index (χ2n) is 3.89. The van der Waals surface area contributed by atoms with Crippen molar-refractivity contribution in [3.05, 3.63) is 30.5 Å². The molecule has 2 N–H and O–H groups in total. The summed E-state index contributed by atoms with van der Waals surface area (Å²) < 4.78 is 0. The second kappa shape index (κ2) is 4.74. The van der Waals surface area contributed by atoms with Gasteiger partial charge < -0.3 is 5.73 Å². The van der Waals surface area contributed by atoms with Crippen LogP contribution < -0.4 is 5.73 Å². The molecule has 0 aliphatic carbocycles. The summed E-state index contributed by atoms with van der Waals surface area (Å²) in [5.74, 6) is 0. The number of hydrogen-bond donors (Lipinski definition) is 1. The maximum absolute atomic E-state index is 5.92. The van der Waals surface area contributed by atoms with Gasteiger partial charge in [0, 0.05) is 21.7 Å². The van der Waals surface area contributed by atoms with Crippen molar-refractivity contribution in [2.24, 2.45) is 0 Å². The van der Waals surface area contributed by atoms with E-state index in [9.17, 15) is 0 Å². The number of pyridine rings is 1. The predicted octanol–water partition coefficient (Wildman–Crippen LogP) is 3.71. The van der Waals surface area contributed by atoms with Crippen molar-refractivity contribution in [3.8, 4) is 0 Å². The van der Waals surface area contributed by atoms with Gasteiger partial charge in [-0.3, -0.25) is 4.98 Å². The van der Waals surface area contributed by atoms with Gasteiger partial charge in [-0.15, -0.1) is 11.8 Å². The number of nitrogens with zero attached hydrogens (tertiary/aromatic N) is 1. The van der Waals surface area contributed by atoms with Crippen LogP contribution in [0.15, 0.2) is 35.4 Å². The van der Waals surface area contributed by atoms with Gasteiger partial charge in [-0.2, -0.15) is 0 Å². The van der Waals surface area contributed by atoms with E-state index in [1.165, 1.54) is 4.90 Å². The minimum atomic E-state index is 0.618. The van der Waals surface area contributed by atoms with Gasteiger partial charge in [-0.05, 0) is 24.6 Å². The van der Waals surface area contributed by atoms with Gasteiger partial charge in [-0.1, -0.05) is 19.9 Å². The molecule has 3 heteroatoms. The number of benzene rings is 1. The number of rotatable bonds is 3. The molecular weight excluding hydrogens is 216 g/mol. The molecule has 0 amide bonds. The highest BCUT2D eigenvalue weighted by atomic mass is 32.2. The average molecular weight is 232 g/mol. The molecule has 0 saturated heterocycles. The zero-order chi connectivity index (χ0) is 11.5. The molecule has 0 spiro atoms. The molecule has 0 radical (unpaired) electrons. The molecule has 1 aromatic carbocycles. The van der Waals surface area contributed by atoms with E-state index in [1.54, 1.807) is 6.20 Å². The first-order valence-electron chi connectivity index (χ1n) is 5.52. The van der Waals surface area contributed by atoms with Crippen LogP contribution in [0.2, 0.25) is 0 Å². The Morgan fingerprint density at radius 1 is 1.38 bits per heavy atom. The molecule has 84 valence electrons. The van der Waals surface area contributed by atoms with Crippen molar-refractivity contribution in [2.45, 2.75) is 30.4 Å². The first-order chi connectivity index (χ1) is 7.72. The van der Waals surface area contributed by atoms with Crippen LogP contribution in [-0.4, -0.2) is 10.2 Å². The van der Waals surface area contributed by atoms with Crippen molar-refractivity contribution >= 4 is 28.4 Å². The number of fused-ring (bicyclic) bond motifs is 1. The SMILES string of the molecule is CCC(C)Sc1ccc(N)c2ncccc12. The van der Waals surface area contributed by atoms with E-state index in [0.717, 1.165) is 23.0 Å². The normalized spacial score (nSPS) is 12.9. The number of nitrogens with two attached hydrogens (primary N) is 1. The van der Waals surface area contributed by atoms with Gasteiger partial charge in [-0.25, -0.2) is 0 Å². The van der Waals surface area contributed by atoms with Gasteiger partial charge >= 0.3 is 0 Å². The fourth-order valence-electron chi connectivity index (χ4n) is 1.57. The van der Waals surface area contributed by atoms with Crippen LogP contribution in [0, 0.1) is 0 Å². The van der Waals surface area contributed by atoms with E-state index in [0.29, 0.717) is 5.25 Å². The van der Waals surface area contributed by atoms with Gasteiger partial charge in [0.2, 0.25) is 0 Å². The van der Waals surface area contributed by atoms with Crippen LogP contribution in [0.25, 0.3) is 10.9 Å². The van der Waals surface area contributed by atoms with E-state index >= 15 is 0 Å². The Hall–Kier alpha value is -1.22. The largest absolute Gasteiger partial charge is 0.397 e. The summed E-state index contributed by atoms with van der Waals surface area (Å²) >= 11 is 1.89. The molecule has 16 heavy (non-hydrogen) atoms. The van der Waals surface area contributed by atoms with Crippen LogP contribution in [0.3, 0.4) is 0 Å². The molecular formula is C13H16N2S. The lowest BCUT2D eigenvalue weighted by atomic mass is 10.2. The lowest BCUT2D eigenvalue weighted by molar-refractivity contribution is 0.906. The maximum atomic E-state index is 5.92. The highest BCUT2D eigenvalue weighted by Crippen LogP contribution is 2.33. The third-order valence-corrected chi connectivity index (χ3v) is 4.01. The second-order valence-corrected chi connectivity index (χ2v) is 5.37. The molecule has 1 atom stereocenters. The summed E-state index contributed by atoms with van der Waals surface area (Å²) in [6.07, 6.45) is 2.95. The van der Waals surface area contributed by atoms with Gasteiger partial charge in [0.25, 0.3) is 0 Å². The van der Waals surface area contributed by atoms with Crippen LogP contribution in [-0.2, 0) is 0 Å². The van der Waals surface area contributed by atoms with E-state index in [-0.39, 0.29) is 0 Å². The molecule has 2 aromatic rings. The predicted molar refractivity (Wildman–Crippen MR) is 71.8 cm³/mol. The van der Waals surface area contributed by atoms with Crippen molar-refractivity contribution in [3.63, 3.8) is 0 Å². The van der Waals surface area contributed by atoms with Crippen molar-refractivity contribution < 1.29 is 0 Å². The summed E-state index contributed by atoms with van der Waals surface area (Å²) in [6, 6.07) is 8.09. The van der Waals surface area contributed by atoms with Crippen molar-refractivity contribution in [1.82, 2.24) is 4.98 Å². The smallest absolute Gasteiger partial charge is 0.0942 e. The first kappa shape index (κ1) is 11.3. The highest BCUT2D eigenvalue weighted by molar-refractivity contribution is 8.00. The summed E-state index contributed by atoms with van der Waals surface area (Å²) in [5.41, 5.74) is 7.58. The Morgan fingerprint density at radius 3 is 2.94 bits per heavy atom. The average Bonchev–Trinajstić information content (AvgIpc) is 2.33. The number of thioether (sulfide) groups is 1. The molecule has 0 bridgehead atoms.